The van der Waals surface area contributed by atoms with Gasteiger partial charge in [-0.3, -0.25) is 0 Å². The molecule has 1 fully saturated rings. The molecule has 2 atom stereocenters. The molecule has 0 aliphatic heterocycles. The number of alkyl halides is 1. The fourth-order valence-electron chi connectivity index (χ4n) is 2.39. The quantitative estimate of drug-likeness (QED) is 0.535. The van der Waals surface area contributed by atoms with E-state index < -0.39 is 0 Å². The summed E-state index contributed by atoms with van der Waals surface area (Å²) in [5.41, 5.74) is 0. The van der Waals surface area contributed by atoms with Gasteiger partial charge in [0.05, 0.1) is 0 Å². The molecule has 0 aromatic heterocycles. The number of nitrogens with zero attached hydrogens (tertiary/aromatic N) is 1. The summed E-state index contributed by atoms with van der Waals surface area (Å²) in [6.07, 6.45) is 5.33. The van der Waals surface area contributed by atoms with Crippen LogP contribution in [-0.2, 0) is 0 Å². The molecule has 1 aliphatic rings. The first-order chi connectivity index (χ1) is 7.24. The van der Waals surface area contributed by atoms with E-state index in [1.165, 1.54) is 38.8 Å². The predicted molar refractivity (Wildman–Crippen MR) is 67.6 cm³/mol. The van der Waals surface area contributed by atoms with Crippen molar-refractivity contribution in [1.29, 1.82) is 0 Å². The summed E-state index contributed by atoms with van der Waals surface area (Å²) in [7, 11) is 4.25. The normalized spacial score (nSPS) is 26.4. The van der Waals surface area contributed by atoms with E-state index in [4.69, 9.17) is 11.6 Å². The standard InChI is InChI=1S/C12H25ClN2/c1-15(2)8-4-7-14-10-12-6-3-5-11(12)9-13/h11-12,14H,3-10H2,1-2H3. The van der Waals surface area contributed by atoms with Crippen molar-refractivity contribution in [2.24, 2.45) is 11.8 Å². The Kier molecular flexibility index (Phi) is 6.62. The maximum absolute atomic E-state index is 5.95. The van der Waals surface area contributed by atoms with Gasteiger partial charge in [0.25, 0.3) is 0 Å². The Balaban J connectivity index is 1.99. The monoisotopic (exact) mass is 232 g/mol. The molecule has 0 spiro atoms. The summed E-state index contributed by atoms with van der Waals surface area (Å²) in [6.45, 7) is 3.49. The van der Waals surface area contributed by atoms with Gasteiger partial charge < -0.3 is 10.2 Å². The molecule has 3 heteroatoms. The minimum absolute atomic E-state index is 0.771. The van der Waals surface area contributed by atoms with Crippen LogP contribution in [0.5, 0.6) is 0 Å². The largest absolute Gasteiger partial charge is 0.316 e. The highest BCUT2D eigenvalue weighted by Crippen LogP contribution is 2.31. The maximum atomic E-state index is 5.95. The third-order valence-corrected chi connectivity index (χ3v) is 3.78. The van der Waals surface area contributed by atoms with Gasteiger partial charge in [-0.1, -0.05) is 6.42 Å². The van der Waals surface area contributed by atoms with Crippen LogP contribution in [-0.4, -0.2) is 44.5 Å². The smallest absolute Gasteiger partial charge is 0.0254 e. The lowest BCUT2D eigenvalue weighted by atomic mass is 9.98. The summed E-state index contributed by atoms with van der Waals surface area (Å²) in [4.78, 5) is 2.23. The van der Waals surface area contributed by atoms with Crippen LogP contribution in [0.2, 0.25) is 0 Å². The van der Waals surface area contributed by atoms with Gasteiger partial charge in [0.2, 0.25) is 0 Å². The van der Waals surface area contributed by atoms with Crippen molar-refractivity contribution in [2.45, 2.75) is 25.7 Å². The molecule has 0 radical (unpaired) electrons. The second kappa shape index (κ2) is 7.48. The van der Waals surface area contributed by atoms with Crippen LogP contribution in [0.3, 0.4) is 0 Å². The van der Waals surface area contributed by atoms with Crippen molar-refractivity contribution in [3.05, 3.63) is 0 Å². The molecule has 90 valence electrons. The van der Waals surface area contributed by atoms with Crippen LogP contribution in [0.1, 0.15) is 25.7 Å². The Morgan fingerprint density at radius 1 is 1.27 bits per heavy atom. The van der Waals surface area contributed by atoms with Gasteiger partial charge in [0.15, 0.2) is 0 Å². The molecule has 1 aliphatic carbocycles. The maximum Gasteiger partial charge on any atom is 0.0254 e. The van der Waals surface area contributed by atoms with Gasteiger partial charge in [-0.05, 0) is 64.8 Å². The summed E-state index contributed by atoms with van der Waals surface area (Å²) >= 11 is 5.95. The van der Waals surface area contributed by atoms with Crippen LogP contribution in [0.4, 0.5) is 0 Å². The van der Waals surface area contributed by atoms with E-state index in [0.29, 0.717) is 0 Å². The molecule has 0 heterocycles. The molecular formula is C12H25ClN2. The highest BCUT2D eigenvalue weighted by Gasteiger charge is 2.25. The van der Waals surface area contributed by atoms with Gasteiger partial charge in [-0.15, -0.1) is 11.6 Å². The summed E-state index contributed by atoms with van der Waals surface area (Å²) in [5.74, 6) is 2.46. The van der Waals surface area contributed by atoms with E-state index >= 15 is 0 Å². The molecule has 1 saturated carbocycles. The van der Waals surface area contributed by atoms with E-state index in [9.17, 15) is 0 Å². The van der Waals surface area contributed by atoms with E-state index in [1.807, 2.05) is 0 Å². The Labute approximate surface area is 99.4 Å². The molecule has 0 saturated heterocycles. The Morgan fingerprint density at radius 2 is 2.00 bits per heavy atom. The average Bonchev–Trinajstić information content (AvgIpc) is 2.64. The van der Waals surface area contributed by atoms with Crippen molar-refractivity contribution in [1.82, 2.24) is 10.2 Å². The van der Waals surface area contributed by atoms with Crippen molar-refractivity contribution < 1.29 is 0 Å². The molecule has 0 aromatic carbocycles. The number of hydrogen-bond acceptors (Lipinski definition) is 2. The number of halogens is 1. The molecule has 0 amide bonds. The zero-order chi connectivity index (χ0) is 11.1. The highest BCUT2D eigenvalue weighted by atomic mass is 35.5. The van der Waals surface area contributed by atoms with E-state index in [0.717, 1.165) is 24.3 Å². The van der Waals surface area contributed by atoms with Crippen molar-refractivity contribution >= 4 is 11.6 Å². The molecule has 1 N–H and O–H groups in total. The Hall–Kier alpha value is 0.210. The van der Waals surface area contributed by atoms with Gasteiger partial charge in [-0.25, -0.2) is 0 Å². The highest BCUT2D eigenvalue weighted by molar-refractivity contribution is 6.18. The third-order valence-electron chi connectivity index (χ3n) is 3.38. The number of hydrogen-bond donors (Lipinski definition) is 1. The van der Waals surface area contributed by atoms with E-state index in [2.05, 4.69) is 24.3 Å². The van der Waals surface area contributed by atoms with Crippen molar-refractivity contribution in [2.75, 3.05) is 39.6 Å². The van der Waals surface area contributed by atoms with Gasteiger partial charge >= 0.3 is 0 Å². The minimum atomic E-state index is 0.771. The van der Waals surface area contributed by atoms with E-state index in [1.54, 1.807) is 0 Å². The zero-order valence-electron chi connectivity index (χ0n) is 10.1. The summed E-state index contributed by atoms with van der Waals surface area (Å²) < 4.78 is 0. The predicted octanol–water partition coefficient (Wildman–Crippen LogP) is 2.18. The fraction of sp³-hybridized carbons (Fsp3) is 1.00. The third kappa shape index (κ3) is 5.19. The second-order valence-corrected chi connectivity index (χ2v) is 5.27. The lowest BCUT2D eigenvalue weighted by Gasteiger charge is -2.18. The van der Waals surface area contributed by atoms with Gasteiger partial charge in [-0.2, -0.15) is 0 Å². The first-order valence-electron chi connectivity index (χ1n) is 6.15. The fourth-order valence-corrected chi connectivity index (χ4v) is 2.80. The molecule has 15 heavy (non-hydrogen) atoms. The molecule has 2 unspecified atom stereocenters. The van der Waals surface area contributed by atoms with Crippen LogP contribution in [0, 0.1) is 11.8 Å². The molecular weight excluding hydrogens is 208 g/mol. The van der Waals surface area contributed by atoms with Crippen molar-refractivity contribution in [3.63, 3.8) is 0 Å². The van der Waals surface area contributed by atoms with E-state index in [-0.39, 0.29) is 0 Å². The van der Waals surface area contributed by atoms with Gasteiger partial charge in [0, 0.05) is 5.88 Å². The number of nitrogens with one attached hydrogen (secondary N) is 1. The zero-order valence-corrected chi connectivity index (χ0v) is 10.9. The molecule has 1 rings (SSSR count). The average molecular weight is 233 g/mol. The number of rotatable bonds is 7. The topological polar surface area (TPSA) is 15.3 Å². The first kappa shape index (κ1) is 13.3. The summed E-state index contributed by atoms with van der Waals surface area (Å²) in [5, 5.41) is 3.56. The van der Waals surface area contributed by atoms with Crippen LogP contribution in [0.15, 0.2) is 0 Å². The van der Waals surface area contributed by atoms with Gasteiger partial charge in [0.1, 0.15) is 0 Å². The SMILES string of the molecule is CN(C)CCCNCC1CCCC1CCl. The molecule has 0 aromatic rings. The second-order valence-electron chi connectivity index (χ2n) is 4.97. The van der Waals surface area contributed by atoms with Crippen molar-refractivity contribution in [3.8, 4) is 0 Å². The lowest BCUT2D eigenvalue weighted by molar-refractivity contribution is 0.369. The Bertz CT molecular complexity index is 162. The Morgan fingerprint density at radius 3 is 2.67 bits per heavy atom. The molecule has 0 bridgehead atoms. The van der Waals surface area contributed by atoms with Crippen LogP contribution < -0.4 is 5.32 Å². The molecule has 2 nitrogen and oxygen atoms in total. The lowest BCUT2D eigenvalue weighted by Crippen LogP contribution is -2.28. The minimum Gasteiger partial charge on any atom is -0.316 e. The van der Waals surface area contributed by atoms with Crippen LogP contribution >= 0.6 is 11.6 Å². The van der Waals surface area contributed by atoms with Crippen LogP contribution in [0.25, 0.3) is 0 Å². The summed E-state index contributed by atoms with van der Waals surface area (Å²) in [6, 6.07) is 0. The first-order valence-corrected chi connectivity index (χ1v) is 6.69.